The van der Waals surface area contributed by atoms with Gasteiger partial charge < -0.3 is 9.52 Å². The Morgan fingerprint density at radius 2 is 2.21 bits per heavy atom. The predicted octanol–water partition coefficient (Wildman–Crippen LogP) is 4.48. The van der Waals surface area contributed by atoms with E-state index in [-0.39, 0.29) is 0 Å². The number of hydrogen-bond donors (Lipinski definition) is 1. The highest BCUT2D eigenvalue weighted by molar-refractivity contribution is 7.09. The van der Waals surface area contributed by atoms with Crippen LogP contribution in [0.3, 0.4) is 0 Å². The number of aromatic nitrogens is 1. The molecule has 2 fully saturated rings. The molecule has 0 spiro atoms. The summed E-state index contributed by atoms with van der Waals surface area (Å²) in [6.07, 6.45) is 9.42. The molecule has 4 rings (SSSR count). The number of hydrogen-bond acceptors (Lipinski definition) is 5. The maximum Gasteiger partial charge on any atom is 0.132 e. The Morgan fingerprint density at radius 3 is 3.00 bits per heavy atom. The van der Waals surface area contributed by atoms with Crippen LogP contribution in [0.1, 0.15) is 73.4 Å². The molecule has 0 aromatic carbocycles. The minimum atomic E-state index is -0.511. The molecule has 1 aliphatic carbocycles. The van der Waals surface area contributed by atoms with Gasteiger partial charge in [-0.3, -0.25) is 4.90 Å². The Kier molecular flexibility index (Phi) is 5.01. The Balaban J connectivity index is 1.42. The van der Waals surface area contributed by atoms with E-state index in [1.807, 2.05) is 23.5 Å². The molecule has 5 heteroatoms. The lowest BCUT2D eigenvalue weighted by atomic mass is 10.0. The van der Waals surface area contributed by atoms with E-state index in [2.05, 4.69) is 10.3 Å². The zero-order valence-corrected chi connectivity index (χ0v) is 14.9. The van der Waals surface area contributed by atoms with Gasteiger partial charge in [-0.1, -0.05) is 12.8 Å². The fourth-order valence-corrected chi connectivity index (χ4v) is 4.67. The van der Waals surface area contributed by atoms with Gasteiger partial charge in [0, 0.05) is 23.9 Å². The van der Waals surface area contributed by atoms with Gasteiger partial charge in [-0.25, -0.2) is 4.98 Å². The van der Waals surface area contributed by atoms with E-state index in [0.717, 1.165) is 31.8 Å². The maximum atomic E-state index is 10.5. The second-order valence-electron chi connectivity index (χ2n) is 7.19. The Morgan fingerprint density at radius 1 is 1.29 bits per heavy atom. The first kappa shape index (κ1) is 16.3. The number of aliphatic hydroxyl groups excluding tert-OH is 1. The fraction of sp³-hybridized carbons (Fsp3) is 0.632. The molecule has 3 heterocycles. The van der Waals surface area contributed by atoms with Crippen molar-refractivity contribution in [3.63, 3.8) is 0 Å². The third kappa shape index (κ3) is 3.90. The van der Waals surface area contributed by atoms with E-state index in [0.29, 0.717) is 11.8 Å². The van der Waals surface area contributed by atoms with Crippen molar-refractivity contribution in [2.24, 2.45) is 0 Å². The summed E-state index contributed by atoms with van der Waals surface area (Å²) < 4.78 is 5.38. The van der Waals surface area contributed by atoms with Gasteiger partial charge in [0.05, 0.1) is 17.0 Å². The van der Waals surface area contributed by atoms with Crippen LogP contribution in [0.25, 0.3) is 0 Å². The second kappa shape index (κ2) is 7.38. The maximum absolute atomic E-state index is 10.5. The summed E-state index contributed by atoms with van der Waals surface area (Å²) in [7, 11) is 0. The molecule has 2 unspecified atom stereocenters. The molecular formula is C19H26N2O2S. The van der Waals surface area contributed by atoms with Crippen LogP contribution in [0, 0.1) is 0 Å². The van der Waals surface area contributed by atoms with Crippen molar-refractivity contribution in [2.75, 3.05) is 6.54 Å². The first-order chi connectivity index (χ1) is 11.8. The average Bonchev–Trinajstić information content (AvgIpc) is 3.15. The number of furan rings is 1. The summed E-state index contributed by atoms with van der Waals surface area (Å²) in [4.78, 5) is 7.39. The minimum absolute atomic E-state index is 0.402. The average molecular weight is 346 g/mol. The molecule has 1 saturated carbocycles. The molecule has 130 valence electrons. The van der Waals surface area contributed by atoms with Crippen molar-refractivity contribution < 1.29 is 9.52 Å². The van der Waals surface area contributed by atoms with Gasteiger partial charge in [-0.2, -0.15) is 0 Å². The van der Waals surface area contributed by atoms with Gasteiger partial charge in [-0.05, 0) is 50.8 Å². The third-order valence-corrected chi connectivity index (χ3v) is 6.28. The first-order valence-electron chi connectivity index (χ1n) is 9.19. The molecule has 0 amide bonds. The quantitative estimate of drug-likeness (QED) is 0.838. The van der Waals surface area contributed by atoms with E-state index in [4.69, 9.17) is 9.40 Å². The van der Waals surface area contributed by atoms with Crippen LogP contribution in [0.2, 0.25) is 0 Å². The Hall–Kier alpha value is -1.17. The summed E-state index contributed by atoms with van der Waals surface area (Å²) >= 11 is 1.82. The fourth-order valence-electron chi connectivity index (χ4n) is 3.69. The molecule has 1 N–H and O–H groups in total. The number of nitrogens with zero attached hydrogens (tertiary/aromatic N) is 2. The van der Waals surface area contributed by atoms with Gasteiger partial charge in [0.2, 0.25) is 0 Å². The van der Waals surface area contributed by atoms with Crippen LogP contribution in [0.4, 0.5) is 0 Å². The summed E-state index contributed by atoms with van der Waals surface area (Å²) in [6, 6.07) is 4.12. The van der Waals surface area contributed by atoms with E-state index in [1.165, 1.54) is 42.8 Å². The van der Waals surface area contributed by atoms with Crippen LogP contribution >= 0.6 is 11.3 Å². The molecule has 0 bridgehead atoms. The van der Waals surface area contributed by atoms with Crippen molar-refractivity contribution in [3.8, 4) is 0 Å². The number of aliphatic hydroxyl groups is 1. The van der Waals surface area contributed by atoms with Crippen molar-refractivity contribution >= 4 is 11.3 Å². The number of likely N-dealkylation sites (tertiary alicyclic amines) is 1. The lowest BCUT2D eigenvalue weighted by Gasteiger charge is -2.30. The highest BCUT2D eigenvalue weighted by Crippen LogP contribution is 2.41. The molecule has 2 aromatic heterocycles. The normalized spacial score (nSPS) is 24.0. The molecule has 2 aliphatic rings. The number of rotatable bonds is 6. The van der Waals surface area contributed by atoms with Crippen molar-refractivity contribution in [1.29, 1.82) is 0 Å². The molecule has 2 atom stereocenters. The first-order valence-corrected chi connectivity index (χ1v) is 10.1. The van der Waals surface area contributed by atoms with Gasteiger partial charge in [0.1, 0.15) is 11.9 Å². The highest BCUT2D eigenvalue weighted by Gasteiger charge is 2.28. The summed E-state index contributed by atoms with van der Waals surface area (Å²) in [5.74, 6) is 1.42. The smallest absolute Gasteiger partial charge is 0.132 e. The largest absolute Gasteiger partial charge is 0.467 e. The van der Waals surface area contributed by atoms with Crippen molar-refractivity contribution in [2.45, 2.75) is 69.6 Å². The van der Waals surface area contributed by atoms with Gasteiger partial charge in [0.15, 0.2) is 0 Å². The summed E-state index contributed by atoms with van der Waals surface area (Å²) in [6.45, 7) is 2.02. The number of thiazole rings is 1. The zero-order valence-electron chi connectivity index (χ0n) is 14.1. The molecule has 4 nitrogen and oxygen atoms in total. The topological polar surface area (TPSA) is 49.5 Å². The van der Waals surface area contributed by atoms with Crippen LogP contribution in [0.15, 0.2) is 28.2 Å². The molecular weight excluding hydrogens is 320 g/mol. The van der Waals surface area contributed by atoms with E-state index >= 15 is 0 Å². The second-order valence-corrected chi connectivity index (χ2v) is 8.08. The molecule has 1 saturated heterocycles. The standard InChI is InChI=1S/C19H26N2O2S/c22-17(18-6-4-10-23-18)11-16-5-2-1-3-9-21(16)12-15-13-24-19(20-15)14-7-8-14/h4,6,10,13-14,16-17,22H,1-3,5,7-9,11-12H2. The van der Waals surface area contributed by atoms with Gasteiger partial charge >= 0.3 is 0 Å². The van der Waals surface area contributed by atoms with E-state index in [1.54, 1.807) is 6.26 Å². The van der Waals surface area contributed by atoms with Crippen LogP contribution < -0.4 is 0 Å². The predicted molar refractivity (Wildman–Crippen MR) is 95.0 cm³/mol. The van der Waals surface area contributed by atoms with Gasteiger partial charge in [-0.15, -0.1) is 11.3 Å². The van der Waals surface area contributed by atoms with E-state index in [9.17, 15) is 5.11 Å². The Labute approximate surface area is 147 Å². The van der Waals surface area contributed by atoms with Crippen molar-refractivity contribution in [1.82, 2.24) is 9.88 Å². The summed E-state index contributed by atoms with van der Waals surface area (Å²) in [5.41, 5.74) is 1.21. The van der Waals surface area contributed by atoms with Crippen LogP contribution in [0.5, 0.6) is 0 Å². The van der Waals surface area contributed by atoms with Crippen LogP contribution in [-0.2, 0) is 6.54 Å². The summed E-state index contributed by atoms with van der Waals surface area (Å²) in [5, 5.41) is 14.0. The zero-order chi connectivity index (χ0) is 16.4. The third-order valence-electron chi connectivity index (χ3n) is 5.23. The lowest BCUT2D eigenvalue weighted by Crippen LogP contribution is -2.35. The van der Waals surface area contributed by atoms with E-state index < -0.39 is 6.10 Å². The SMILES string of the molecule is OC(CC1CCCCCN1Cc1csc(C2CC2)n1)c1ccco1. The highest BCUT2D eigenvalue weighted by atomic mass is 32.1. The lowest BCUT2D eigenvalue weighted by molar-refractivity contribution is 0.0825. The molecule has 24 heavy (non-hydrogen) atoms. The minimum Gasteiger partial charge on any atom is -0.467 e. The van der Waals surface area contributed by atoms with Crippen molar-refractivity contribution in [3.05, 3.63) is 40.2 Å². The van der Waals surface area contributed by atoms with Crippen LogP contribution in [-0.4, -0.2) is 27.6 Å². The Bertz CT molecular complexity index is 636. The molecule has 1 aliphatic heterocycles. The monoisotopic (exact) mass is 346 g/mol. The molecule has 2 aromatic rings. The molecule has 0 radical (unpaired) electrons. The van der Waals surface area contributed by atoms with Gasteiger partial charge in [0.25, 0.3) is 0 Å².